The van der Waals surface area contributed by atoms with Gasteiger partial charge < -0.3 is 16.0 Å². The molecule has 8 heteroatoms. The molecule has 3 N–H and O–H groups in total. The number of rotatable bonds is 4. The first-order valence-electron chi connectivity index (χ1n) is 5.32. The summed E-state index contributed by atoms with van der Waals surface area (Å²) in [5, 5.41) is 2.81. The second-order valence-electron chi connectivity index (χ2n) is 4.19. The molecule has 0 amide bonds. The topological polar surface area (TPSA) is 67.1 Å². The predicted molar refractivity (Wildman–Crippen MR) is 63.1 cm³/mol. The van der Waals surface area contributed by atoms with E-state index in [9.17, 15) is 13.2 Å². The summed E-state index contributed by atoms with van der Waals surface area (Å²) in [6.07, 6.45) is -4.53. The van der Waals surface area contributed by atoms with E-state index in [1.54, 1.807) is 0 Å². The van der Waals surface area contributed by atoms with Crippen LogP contribution in [0.25, 0.3) is 0 Å². The molecule has 1 unspecified atom stereocenters. The van der Waals surface area contributed by atoms with Crippen molar-refractivity contribution >= 4 is 11.8 Å². The Kier molecular flexibility index (Phi) is 4.33. The van der Waals surface area contributed by atoms with Gasteiger partial charge in [-0.1, -0.05) is 0 Å². The van der Waals surface area contributed by atoms with Crippen molar-refractivity contribution in [3.05, 3.63) is 11.8 Å². The van der Waals surface area contributed by atoms with Crippen molar-refractivity contribution in [3.8, 4) is 0 Å². The molecule has 0 radical (unpaired) electrons. The van der Waals surface area contributed by atoms with Crippen molar-refractivity contribution in [2.45, 2.75) is 19.1 Å². The van der Waals surface area contributed by atoms with Gasteiger partial charge in [0, 0.05) is 18.7 Å². The quantitative estimate of drug-likeness (QED) is 0.860. The SMILES string of the molecule is CC(CNc1cc(C(F)(F)F)nc(N)n1)N(C)C. The van der Waals surface area contributed by atoms with Gasteiger partial charge in [-0.3, -0.25) is 0 Å². The molecular weight excluding hydrogens is 247 g/mol. The van der Waals surface area contributed by atoms with E-state index in [0.29, 0.717) is 6.54 Å². The molecule has 18 heavy (non-hydrogen) atoms. The van der Waals surface area contributed by atoms with Crippen molar-refractivity contribution < 1.29 is 13.2 Å². The first-order valence-corrected chi connectivity index (χ1v) is 5.32. The van der Waals surface area contributed by atoms with Gasteiger partial charge in [-0.25, -0.2) is 4.98 Å². The number of hydrogen-bond acceptors (Lipinski definition) is 5. The van der Waals surface area contributed by atoms with E-state index in [1.165, 1.54) is 0 Å². The van der Waals surface area contributed by atoms with Crippen LogP contribution < -0.4 is 11.1 Å². The lowest BCUT2D eigenvalue weighted by Crippen LogP contribution is -2.31. The van der Waals surface area contributed by atoms with Crippen LogP contribution in [-0.2, 0) is 6.18 Å². The van der Waals surface area contributed by atoms with Crippen molar-refractivity contribution in [2.24, 2.45) is 0 Å². The summed E-state index contributed by atoms with van der Waals surface area (Å²) < 4.78 is 37.5. The highest BCUT2D eigenvalue weighted by Crippen LogP contribution is 2.29. The standard InChI is InChI=1S/C10H16F3N5/c1-6(18(2)3)5-15-8-4-7(10(11,12)13)16-9(14)17-8/h4,6H,5H2,1-3H3,(H3,14,15,16,17). The van der Waals surface area contributed by atoms with Gasteiger partial charge in [0.25, 0.3) is 0 Å². The molecular formula is C10H16F3N5. The van der Waals surface area contributed by atoms with Crippen molar-refractivity contribution in [3.63, 3.8) is 0 Å². The number of halogens is 3. The van der Waals surface area contributed by atoms with Gasteiger partial charge in [0.15, 0.2) is 5.69 Å². The third-order valence-electron chi connectivity index (χ3n) is 2.49. The Balaban J connectivity index is 2.81. The molecule has 0 aliphatic carbocycles. The third kappa shape index (κ3) is 4.02. The zero-order chi connectivity index (χ0) is 13.9. The zero-order valence-electron chi connectivity index (χ0n) is 10.4. The van der Waals surface area contributed by atoms with Crippen LogP contribution in [0, 0.1) is 0 Å². The highest BCUT2D eigenvalue weighted by atomic mass is 19.4. The lowest BCUT2D eigenvalue weighted by atomic mass is 10.3. The Bertz CT molecular complexity index is 405. The Morgan fingerprint density at radius 2 is 2.00 bits per heavy atom. The van der Waals surface area contributed by atoms with Gasteiger partial charge in [-0.2, -0.15) is 18.2 Å². The summed E-state index contributed by atoms with van der Waals surface area (Å²) in [6.45, 7) is 2.39. The lowest BCUT2D eigenvalue weighted by Gasteiger charge is -2.20. The molecule has 0 saturated heterocycles. The molecule has 0 aromatic carbocycles. The Morgan fingerprint density at radius 3 is 2.50 bits per heavy atom. The molecule has 0 aliphatic heterocycles. The summed E-state index contributed by atoms with van der Waals surface area (Å²) in [5.41, 5.74) is 4.20. The second-order valence-corrected chi connectivity index (χ2v) is 4.19. The largest absolute Gasteiger partial charge is 0.433 e. The maximum Gasteiger partial charge on any atom is 0.433 e. The van der Waals surface area contributed by atoms with E-state index in [1.807, 2.05) is 25.9 Å². The van der Waals surface area contributed by atoms with Crippen LogP contribution >= 0.6 is 0 Å². The number of anilines is 2. The highest BCUT2D eigenvalue weighted by Gasteiger charge is 2.33. The van der Waals surface area contributed by atoms with Crippen LogP contribution in [0.5, 0.6) is 0 Å². The number of alkyl halides is 3. The van der Waals surface area contributed by atoms with Crippen LogP contribution in [0.15, 0.2) is 6.07 Å². The van der Waals surface area contributed by atoms with Gasteiger partial charge in [0.05, 0.1) is 0 Å². The minimum atomic E-state index is -4.53. The van der Waals surface area contributed by atoms with E-state index in [0.717, 1.165) is 6.07 Å². The first kappa shape index (κ1) is 14.5. The number of aromatic nitrogens is 2. The fourth-order valence-electron chi connectivity index (χ4n) is 1.14. The van der Waals surface area contributed by atoms with Gasteiger partial charge in [-0.15, -0.1) is 0 Å². The molecule has 1 rings (SSSR count). The summed E-state index contributed by atoms with van der Waals surface area (Å²) in [4.78, 5) is 8.81. The van der Waals surface area contributed by atoms with Gasteiger partial charge in [0.2, 0.25) is 5.95 Å². The minimum Gasteiger partial charge on any atom is -0.368 e. The summed E-state index contributed by atoms with van der Waals surface area (Å²) in [7, 11) is 3.75. The molecule has 0 fully saturated rings. The van der Waals surface area contributed by atoms with Gasteiger partial charge in [-0.05, 0) is 21.0 Å². The average molecular weight is 263 g/mol. The smallest absolute Gasteiger partial charge is 0.368 e. The number of hydrogen-bond donors (Lipinski definition) is 2. The molecule has 1 aromatic rings. The van der Waals surface area contributed by atoms with Crippen LogP contribution in [0.3, 0.4) is 0 Å². The second kappa shape index (κ2) is 5.38. The van der Waals surface area contributed by atoms with Gasteiger partial charge >= 0.3 is 6.18 Å². The fraction of sp³-hybridized carbons (Fsp3) is 0.600. The Labute approximate surface area is 103 Å². The molecule has 0 saturated carbocycles. The number of nitrogens with two attached hydrogens (primary N) is 1. The molecule has 0 aliphatic rings. The van der Waals surface area contributed by atoms with Crippen molar-refractivity contribution in [1.82, 2.24) is 14.9 Å². The van der Waals surface area contributed by atoms with E-state index < -0.39 is 17.8 Å². The molecule has 5 nitrogen and oxygen atoms in total. The number of nitrogens with zero attached hydrogens (tertiary/aromatic N) is 3. The van der Waals surface area contributed by atoms with Crippen LogP contribution in [0.4, 0.5) is 24.9 Å². The lowest BCUT2D eigenvalue weighted by molar-refractivity contribution is -0.141. The Hall–Kier alpha value is -1.57. The summed E-state index contributed by atoms with van der Waals surface area (Å²) in [6, 6.07) is 0.995. The molecule has 1 heterocycles. The first-order chi connectivity index (χ1) is 8.20. The number of nitrogen functional groups attached to an aromatic ring is 1. The summed E-state index contributed by atoms with van der Waals surface area (Å²) in [5.74, 6) is -0.326. The minimum absolute atomic E-state index is 0.0727. The monoisotopic (exact) mass is 263 g/mol. The maximum absolute atomic E-state index is 12.5. The van der Waals surface area contributed by atoms with E-state index >= 15 is 0 Å². The van der Waals surface area contributed by atoms with E-state index in [4.69, 9.17) is 5.73 Å². The molecule has 0 bridgehead atoms. The maximum atomic E-state index is 12.5. The van der Waals surface area contributed by atoms with E-state index in [-0.39, 0.29) is 11.9 Å². The molecule has 102 valence electrons. The predicted octanol–water partition coefficient (Wildman–Crippen LogP) is 1.44. The third-order valence-corrected chi connectivity index (χ3v) is 2.49. The molecule has 1 atom stereocenters. The normalized spacial score (nSPS) is 13.7. The Morgan fingerprint density at radius 1 is 1.39 bits per heavy atom. The average Bonchev–Trinajstić information content (AvgIpc) is 2.23. The number of likely N-dealkylation sites (N-methyl/N-ethyl adjacent to an activating group) is 1. The van der Waals surface area contributed by atoms with Crippen LogP contribution in [0.1, 0.15) is 12.6 Å². The van der Waals surface area contributed by atoms with Gasteiger partial charge in [0.1, 0.15) is 5.82 Å². The number of nitrogens with one attached hydrogen (secondary N) is 1. The van der Waals surface area contributed by atoms with Crippen molar-refractivity contribution in [2.75, 3.05) is 31.7 Å². The summed E-state index contributed by atoms with van der Waals surface area (Å²) >= 11 is 0. The highest BCUT2D eigenvalue weighted by molar-refractivity contribution is 5.41. The fourth-order valence-corrected chi connectivity index (χ4v) is 1.14. The van der Waals surface area contributed by atoms with Crippen molar-refractivity contribution in [1.29, 1.82) is 0 Å². The molecule has 1 aromatic heterocycles. The van der Waals surface area contributed by atoms with E-state index in [2.05, 4.69) is 15.3 Å². The van der Waals surface area contributed by atoms with Crippen LogP contribution in [0.2, 0.25) is 0 Å². The molecule has 0 spiro atoms. The van der Waals surface area contributed by atoms with Crippen LogP contribution in [-0.4, -0.2) is 41.5 Å². The zero-order valence-corrected chi connectivity index (χ0v) is 10.4.